The predicted octanol–water partition coefficient (Wildman–Crippen LogP) is 3.14. The molecule has 3 aromatic heterocycles. The molecule has 0 saturated carbocycles. The summed E-state index contributed by atoms with van der Waals surface area (Å²) in [5, 5.41) is 13.3. The van der Waals surface area contributed by atoms with Crippen LogP contribution >= 0.6 is 11.8 Å². The summed E-state index contributed by atoms with van der Waals surface area (Å²) in [6.07, 6.45) is 1.60. The van der Waals surface area contributed by atoms with Gasteiger partial charge in [0.25, 0.3) is 0 Å². The molecule has 0 fully saturated rings. The molecule has 0 bridgehead atoms. The second kappa shape index (κ2) is 7.01. The maximum atomic E-state index is 12.4. The fourth-order valence-corrected chi connectivity index (χ4v) is 3.24. The van der Waals surface area contributed by atoms with Gasteiger partial charge in [0.05, 0.1) is 12.0 Å². The highest BCUT2D eigenvalue weighted by Crippen LogP contribution is 2.21. The number of carbonyl (C=O) groups excluding carboxylic acids is 1. The van der Waals surface area contributed by atoms with E-state index in [1.54, 1.807) is 28.8 Å². The third-order valence-electron chi connectivity index (χ3n) is 3.85. The highest BCUT2D eigenvalue weighted by Gasteiger charge is 2.15. The highest BCUT2D eigenvalue weighted by atomic mass is 32.2. The SMILES string of the molecule is CN(C(=O)CSc1nnc2ccc(-c3ccco3)nn12)c1ccccc1. The molecule has 0 radical (unpaired) electrons. The zero-order chi connectivity index (χ0) is 17.9. The van der Waals surface area contributed by atoms with E-state index >= 15 is 0 Å². The Morgan fingerprint density at radius 2 is 1.96 bits per heavy atom. The van der Waals surface area contributed by atoms with Crippen molar-refractivity contribution in [3.05, 3.63) is 60.9 Å². The van der Waals surface area contributed by atoms with Gasteiger partial charge in [0.15, 0.2) is 11.4 Å². The molecule has 7 nitrogen and oxygen atoms in total. The van der Waals surface area contributed by atoms with Crippen molar-refractivity contribution in [1.82, 2.24) is 19.8 Å². The number of furan rings is 1. The molecule has 4 rings (SSSR count). The molecule has 0 aliphatic heterocycles. The van der Waals surface area contributed by atoms with Gasteiger partial charge in [-0.05, 0) is 36.4 Å². The van der Waals surface area contributed by atoms with E-state index in [9.17, 15) is 4.79 Å². The highest BCUT2D eigenvalue weighted by molar-refractivity contribution is 7.99. The first-order valence-electron chi connectivity index (χ1n) is 7.93. The Hall–Kier alpha value is -3.13. The van der Waals surface area contributed by atoms with E-state index in [0.717, 1.165) is 5.69 Å². The Balaban J connectivity index is 1.52. The smallest absolute Gasteiger partial charge is 0.237 e. The number of anilines is 1. The Morgan fingerprint density at radius 3 is 2.73 bits per heavy atom. The molecule has 4 aromatic rings. The van der Waals surface area contributed by atoms with Crippen molar-refractivity contribution in [1.29, 1.82) is 0 Å². The number of para-hydroxylation sites is 1. The Kier molecular flexibility index (Phi) is 4.40. The fourth-order valence-electron chi connectivity index (χ4n) is 2.43. The lowest BCUT2D eigenvalue weighted by molar-refractivity contribution is -0.115. The van der Waals surface area contributed by atoms with Crippen LogP contribution in [0.3, 0.4) is 0 Å². The molecule has 0 aliphatic rings. The van der Waals surface area contributed by atoms with E-state index in [1.165, 1.54) is 11.8 Å². The van der Waals surface area contributed by atoms with E-state index in [4.69, 9.17) is 4.42 Å². The number of amides is 1. The van der Waals surface area contributed by atoms with Crippen LogP contribution in [-0.2, 0) is 4.79 Å². The molecule has 1 amide bonds. The van der Waals surface area contributed by atoms with Crippen LogP contribution < -0.4 is 4.90 Å². The summed E-state index contributed by atoms with van der Waals surface area (Å²) in [6, 6.07) is 16.8. The van der Waals surface area contributed by atoms with E-state index in [-0.39, 0.29) is 11.7 Å². The van der Waals surface area contributed by atoms with Crippen molar-refractivity contribution < 1.29 is 9.21 Å². The molecule has 8 heteroatoms. The van der Waals surface area contributed by atoms with Gasteiger partial charge in [-0.2, -0.15) is 9.61 Å². The molecular formula is C18H15N5O2S. The summed E-state index contributed by atoms with van der Waals surface area (Å²) in [6.45, 7) is 0. The standard InChI is InChI=1S/C18H15N5O2S/c1-22(13-6-3-2-4-7-13)17(24)12-26-18-20-19-16-10-9-14(21-23(16)18)15-8-5-11-25-15/h2-11H,12H2,1H3. The van der Waals surface area contributed by atoms with Crippen molar-refractivity contribution in [2.75, 3.05) is 17.7 Å². The maximum absolute atomic E-state index is 12.4. The van der Waals surface area contributed by atoms with Crippen LogP contribution in [0.15, 0.2) is 70.4 Å². The summed E-state index contributed by atoms with van der Waals surface area (Å²) in [4.78, 5) is 14.1. The topological polar surface area (TPSA) is 76.5 Å². The van der Waals surface area contributed by atoms with Crippen molar-refractivity contribution in [3.63, 3.8) is 0 Å². The van der Waals surface area contributed by atoms with Gasteiger partial charge in [0.1, 0.15) is 5.69 Å². The lowest BCUT2D eigenvalue weighted by atomic mass is 10.3. The third-order valence-corrected chi connectivity index (χ3v) is 4.75. The van der Waals surface area contributed by atoms with Crippen LogP contribution in [0, 0.1) is 0 Å². The van der Waals surface area contributed by atoms with E-state index in [1.807, 2.05) is 48.5 Å². The van der Waals surface area contributed by atoms with Gasteiger partial charge >= 0.3 is 0 Å². The average molecular weight is 365 g/mol. The lowest BCUT2D eigenvalue weighted by Crippen LogP contribution is -2.27. The number of carbonyl (C=O) groups is 1. The predicted molar refractivity (Wildman–Crippen MR) is 99.1 cm³/mol. The van der Waals surface area contributed by atoms with Gasteiger partial charge in [-0.1, -0.05) is 30.0 Å². The second-order valence-corrected chi connectivity index (χ2v) is 6.47. The Bertz CT molecular complexity index is 1030. The largest absolute Gasteiger partial charge is 0.463 e. The number of thioether (sulfide) groups is 1. The summed E-state index contributed by atoms with van der Waals surface area (Å²) < 4.78 is 7.00. The summed E-state index contributed by atoms with van der Waals surface area (Å²) in [7, 11) is 1.76. The molecule has 0 unspecified atom stereocenters. The Morgan fingerprint density at radius 1 is 1.12 bits per heavy atom. The first-order valence-corrected chi connectivity index (χ1v) is 8.92. The van der Waals surface area contributed by atoms with E-state index in [2.05, 4.69) is 15.3 Å². The zero-order valence-corrected chi connectivity index (χ0v) is 14.8. The van der Waals surface area contributed by atoms with E-state index in [0.29, 0.717) is 22.3 Å². The number of benzene rings is 1. The van der Waals surface area contributed by atoms with Crippen LogP contribution in [0.4, 0.5) is 5.69 Å². The minimum atomic E-state index is -0.0276. The summed E-state index contributed by atoms with van der Waals surface area (Å²) in [5.41, 5.74) is 2.14. The molecule has 0 aliphatic carbocycles. The van der Waals surface area contributed by atoms with Crippen LogP contribution in [0.2, 0.25) is 0 Å². The first kappa shape index (κ1) is 16.3. The molecular weight excluding hydrogens is 350 g/mol. The number of fused-ring (bicyclic) bond motifs is 1. The molecule has 0 atom stereocenters. The van der Waals surface area contributed by atoms with Crippen molar-refractivity contribution >= 4 is 29.0 Å². The number of aromatic nitrogens is 4. The van der Waals surface area contributed by atoms with Gasteiger partial charge in [0.2, 0.25) is 11.1 Å². The maximum Gasteiger partial charge on any atom is 0.237 e. The van der Waals surface area contributed by atoms with E-state index < -0.39 is 0 Å². The van der Waals surface area contributed by atoms with Crippen LogP contribution in [0.25, 0.3) is 17.1 Å². The minimum Gasteiger partial charge on any atom is -0.463 e. The number of hydrogen-bond acceptors (Lipinski definition) is 6. The Labute approximate surface area is 153 Å². The summed E-state index contributed by atoms with van der Waals surface area (Å²) >= 11 is 1.30. The molecule has 3 heterocycles. The molecule has 1 aromatic carbocycles. The minimum absolute atomic E-state index is 0.0276. The van der Waals surface area contributed by atoms with Gasteiger partial charge in [-0.3, -0.25) is 4.79 Å². The molecule has 130 valence electrons. The van der Waals surface area contributed by atoms with Gasteiger partial charge in [-0.15, -0.1) is 10.2 Å². The van der Waals surface area contributed by atoms with Crippen molar-refractivity contribution in [2.24, 2.45) is 0 Å². The number of nitrogens with zero attached hydrogens (tertiary/aromatic N) is 5. The third kappa shape index (κ3) is 3.18. The number of rotatable bonds is 5. The molecule has 0 saturated heterocycles. The quantitative estimate of drug-likeness (QED) is 0.506. The van der Waals surface area contributed by atoms with Crippen LogP contribution in [-0.4, -0.2) is 38.5 Å². The van der Waals surface area contributed by atoms with Gasteiger partial charge in [-0.25, -0.2) is 0 Å². The van der Waals surface area contributed by atoms with Crippen LogP contribution in [0.1, 0.15) is 0 Å². The average Bonchev–Trinajstić information content (AvgIpc) is 3.35. The van der Waals surface area contributed by atoms with Gasteiger partial charge < -0.3 is 9.32 Å². The fraction of sp³-hybridized carbons (Fsp3) is 0.111. The zero-order valence-electron chi connectivity index (χ0n) is 13.9. The molecule has 26 heavy (non-hydrogen) atoms. The van der Waals surface area contributed by atoms with Crippen molar-refractivity contribution in [2.45, 2.75) is 5.16 Å². The summed E-state index contributed by atoms with van der Waals surface area (Å²) in [5.74, 6) is 0.871. The molecule has 0 spiro atoms. The van der Waals surface area contributed by atoms with Gasteiger partial charge in [0, 0.05) is 12.7 Å². The van der Waals surface area contributed by atoms with Crippen molar-refractivity contribution in [3.8, 4) is 11.5 Å². The molecule has 0 N–H and O–H groups in total. The normalized spacial score (nSPS) is 11.0. The lowest BCUT2D eigenvalue weighted by Gasteiger charge is -2.16. The second-order valence-electron chi connectivity index (χ2n) is 5.53. The first-order chi connectivity index (χ1) is 12.7. The number of hydrogen-bond donors (Lipinski definition) is 0. The van der Waals surface area contributed by atoms with Crippen LogP contribution in [0.5, 0.6) is 0 Å². The monoisotopic (exact) mass is 365 g/mol.